The zero-order valence-corrected chi connectivity index (χ0v) is 12.1. The van der Waals surface area contributed by atoms with Crippen LogP contribution >= 0.6 is 0 Å². The van der Waals surface area contributed by atoms with E-state index >= 15 is 0 Å². The lowest BCUT2D eigenvalue weighted by Gasteiger charge is -2.40. The van der Waals surface area contributed by atoms with Crippen molar-refractivity contribution in [3.63, 3.8) is 0 Å². The molecule has 114 valence electrons. The Labute approximate surface area is 123 Å². The first kappa shape index (κ1) is 14.5. The molecule has 4 nitrogen and oxygen atoms in total. The average Bonchev–Trinajstić information content (AvgIpc) is 2.98. The Balaban J connectivity index is 1.72. The summed E-state index contributed by atoms with van der Waals surface area (Å²) in [5.41, 5.74) is 0.451. The first-order valence-corrected chi connectivity index (χ1v) is 7.38. The molecule has 3 rings (SSSR count). The third-order valence-corrected chi connectivity index (χ3v) is 4.45. The van der Waals surface area contributed by atoms with Gasteiger partial charge < -0.3 is 14.4 Å². The number of methoxy groups -OCH3 is 1. The number of hydrogen-bond acceptors (Lipinski definition) is 3. The molecule has 5 heteroatoms. The maximum absolute atomic E-state index is 13.7. The van der Waals surface area contributed by atoms with Crippen LogP contribution < -0.4 is 0 Å². The van der Waals surface area contributed by atoms with Crippen LogP contribution in [-0.2, 0) is 20.7 Å². The number of carbonyl (C=O) groups is 1. The predicted octanol–water partition coefficient (Wildman–Crippen LogP) is 1.77. The molecule has 0 unspecified atom stereocenters. The van der Waals surface area contributed by atoms with Crippen molar-refractivity contribution in [2.45, 2.75) is 37.5 Å². The van der Waals surface area contributed by atoms with Crippen LogP contribution in [0.2, 0.25) is 0 Å². The Morgan fingerprint density at radius 2 is 2.24 bits per heavy atom. The van der Waals surface area contributed by atoms with E-state index in [-0.39, 0.29) is 36.4 Å². The minimum atomic E-state index is -0.322. The van der Waals surface area contributed by atoms with E-state index in [1.54, 1.807) is 25.3 Å². The molecule has 0 bridgehead atoms. The summed E-state index contributed by atoms with van der Waals surface area (Å²) in [6, 6.07) is 6.50. The van der Waals surface area contributed by atoms with Gasteiger partial charge in [0.15, 0.2) is 0 Å². The number of ether oxygens (including phenoxy) is 2. The third kappa shape index (κ3) is 2.80. The van der Waals surface area contributed by atoms with Crippen molar-refractivity contribution < 1.29 is 18.7 Å². The van der Waals surface area contributed by atoms with Crippen LogP contribution in [0.5, 0.6) is 0 Å². The van der Waals surface area contributed by atoms with Crippen molar-refractivity contribution in [1.29, 1.82) is 0 Å². The lowest BCUT2D eigenvalue weighted by Crippen LogP contribution is -2.55. The van der Waals surface area contributed by atoms with Crippen LogP contribution in [0.25, 0.3) is 0 Å². The van der Waals surface area contributed by atoms with Crippen LogP contribution in [0.1, 0.15) is 18.4 Å². The van der Waals surface area contributed by atoms with Gasteiger partial charge in [-0.3, -0.25) is 4.79 Å². The summed E-state index contributed by atoms with van der Waals surface area (Å²) >= 11 is 0. The van der Waals surface area contributed by atoms with Crippen LogP contribution in [0.15, 0.2) is 24.3 Å². The number of hydrogen-bond donors (Lipinski definition) is 0. The smallest absolute Gasteiger partial charge is 0.227 e. The SMILES string of the molecule is CO[C@@H]1CCN(C(=O)Cc2ccccc2F)[C@@H]2CCO[C@H]21. The highest BCUT2D eigenvalue weighted by Crippen LogP contribution is 2.30. The van der Waals surface area contributed by atoms with Crippen LogP contribution in [0.4, 0.5) is 4.39 Å². The highest BCUT2D eigenvalue weighted by atomic mass is 19.1. The Kier molecular flexibility index (Phi) is 4.22. The summed E-state index contributed by atoms with van der Waals surface area (Å²) in [7, 11) is 1.68. The number of rotatable bonds is 3. The molecule has 1 amide bonds. The van der Waals surface area contributed by atoms with E-state index in [4.69, 9.17) is 9.47 Å². The van der Waals surface area contributed by atoms with Crippen molar-refractivity contribution in [3.8, 4) is 0 Å². The number of nitrogens with zero attached hydrogens (tertiary/aromatic N) is 1. The molecule has 21 heavy (non-hydrogen) atoms. The number of benzene rings is 1. The lowest BCUT2D eigenvalue weighted by molar-refractivity contribution is -0.142. The number of amides is 1. The van der Waals surface area contributed by atoms with Crippen LogP contribution in [-0.4, -0.2) is 49.3 Å². The fraction of sp³-hybridized carbons (Fsp3) is 0.562. The minimum absolute atomic E-state index is 0.0323. The van der Waals surface area contributed by atoms with Crippen LogP contribution in [0.3, 0.4) is 0 Å². The Bertz CT molecular complexity index is 522. The average molecular weight is 293 g/mol. The zero-order chi connectivity index (χ0) is 14.8. The van der Waals surface area contributed by atoms with Crippen molar-refractivity contribution in [2.24, 2.45) is 0 Å². The molecule has 0 saturated carbocycles. The van der Waals surface area contributed by atoms with Crippen molar-refractivity contribution >= 4 is 5.91 Å². The molecular formula is C16H20FNO3. The predicted molar refractivity (Wildman–Crippen MR) is 75.4 cm³/mol. The van der Waals surface area contributed by atoms with E-state index in [0.29, 0.717) is 18.7 Å². The van der Waals surface area contributed by atoms with Crippen LogP contribution in [0, 0.1) is 5.82 Å². The van der Waals surface area contributed by atoms with Gasteiger partial charge in [0.25, 0.3) is 0 Å². The molecule has 0 spiro atoms. The molecule has 0 radical (unpaired) electrons. The summed E-state index contributed by atoms with van der Waals surface area (Å²) < 4.78 is 24.9. The second-order valence-corrected chi connectivity index (χ2v) is 5.61. The number of carbonyl (C=O) groups excluding carboxylic acids is 1. The third-order valence-electron chi connectivity index (χ3n) is 4.45. The molecule has 0 N–H and O–H groups in total. The second kappa shape index (κ2) is 6.12. The Morgan fingerprint density at radius 3 is 3.00 bits per heavy atom. The Morgan fingerprint density at radius 1 is 1.43 bits per heavy atom. The molecule has 2 fully saturated rings. The lowest BCUT2D eigenvalue weighted by atomic mass is 9.95. The van der Waals surface area contributed by atoms with Gasteiger partial charge in [-0.1, -0.05) is 18.2 Å². The van der Waals surface area contributed by atoms with Gasteiger partial charge in [-0.05, 0) is 24.5 Å². The molecule has 2 saturated heterocycles. The van der Waals surface area contributed by atoms with Gasteiger partial charge in [-0.25, -0.2) is 4.39 Å². The maximum atomic E-state index is 13.7. The van der Waals surface area contributed by atoms with Gasteiger partial charge in [-0.2, -0.15) is 0 Å². The van der Waals surface area contributed by atoms with E-state index in [9.17, 15) is 9.18 Å². The molecular weight excluding hydrogens is 273 g/mol. The summed E-state index contributed by atoms with van der Waals surface area (Å²) in [5, 5.41) is 0. The highest BCUT2D eigenvalue weighted by Gasteiger charge is 2.44. The summed E-state index contributed by atoms with van der Waals surface area (Å²) in [6.45, 7) is 1.30. The first-order chi connectivity index (χ1) is 10.2. The number of fused-ring (bicyclic) bond motifs is 1. The van der Waals surface area contributed by atoms with Gasteiger partial charge in [0.2, 0.25) is 5.91 Å². The number of likely N-dealkylation sites (tertiary alicyclic amines) is 1. The quantitative estimate of drug-likeness (QED) is 0.852. The van der Waals surface area contributed by atoms with Crippen molar-refractivity contribution in [3.05, 3.63) is 35.6 Å². The van der Waals surface area contributed by atoms with E-state index in [1.807, 2.05) is 4.90 Å². The zero-order valence-electron chi connectivity index (χ0n) is 12.1. The van der Waals surface area contributed by atoms with Crippen molar-refractivity contribution in [1.82, 2.24) is 4.90 Å². The van der Waals surface area contributed by atoms with Gasteiger partial charge in [-0.15, -0.1) is 0 Å². The fourth-order valence-corrected chi connectivity index (χ4v) is 3.35. The standard InChI is InChI=1S/C16H20FNO3/c1-20-14-6-8-18(13-7-9-21-16(13)14)15(19)10-11-4-2-3-5-12(11)17/h2-5,13-14,16H,6-10H2,1H3/t13-,14-,16-/m1/s1. The molecule has 3 atom stereocenters. The second-order valence-electron chi connectivity index (χ2n) is 5.61. The summed E-state index contributed by atoms with van der Waals surface area (Å²) in [4.78, 5) is 14.4. The topological polar surface area (TPSA) is 38.8 Å². The fourth-order valence-electron chi connectivity index (χ4n) is 3.35. The van der Waals surface area contributed by atoms with Crippen molar-refractivity contribution in [2.75, 3.05) is 20.3 Å². The first-order valence-electron chi connectivity index (χ1n) is 7.38. The van der Waals surface area contributed by atoms with E-state index in [1.165, 1.54) is 6.07 Å². The molecule has 1 aromatic carbocycles. The molecule has 0 aromatic heterocycles. The normalized spacial score (nSPS) is 28.5. The minimum Gasteiger partial charge on any atom is -0.379 e. The molecule has 1 aromatic rings. The van der Waals surface area contributed by atoms with Gasteiger partial charge in [0.1, 0.15) is 11.9 Å². The molecule has 2 aliphatic heterocycles. The molecule has 2 aliphatic rings. The maximum Gasteiger partial charge on any atom is 0.227 e. The summed E-state index contributed by atoms with van der Waals surface area (Å²) in [5.74, 6) is -0.355. The van der Waals surface area contributed by atoms with Gasteiger partial charge in [0, 0.05) is 20.3 Å². The highest BCUT2D eigenvalue weighted by molar-refractivity contribution is 5.79. The molecule has 0 aliphatic carbocycles. The van der Waals surface area contributed by atoms with Gasteiger partial charge in [0.05, 0.1) is 18.6 Å². The van der Waals surface area contributed by atoms with E-state index in [0.717, 1.165) is 12.8 Å². The molecule has 2 heterocycles. The monoisotopic (exact) mass is 293 g/mol. The van der Waals surface area contributed by atoms with Gasteiger partial charge >= 0.3 is 0 Å². The largest absolute Gasteiger partial charge is 0.379 e. The summed E-state index contributed by atoms with van der Waals surface area (Å²) in [6.07, 6.45) is 1.70. The van der Waals surface area contributed by atoms with E-state index < -0.39 is 0 Å². The van der Waals surface area contributed by atoms with E-state index in [2.05, 4.69) is 0 Å². The Hall–Kier alpha value is -1.46. The number of piperidine rings is 1. The number of halogens is 1.